The van der Waals surface area contributed by atoms with Gasteiger partial charge in [0.2, 0.25) is 0 Å². The molecule has 0 atom stereocenters. The molecule has 0 bridgehead atoms. The van der Waals surface area contributed by atoms with Crippen LogP contribution in [0.1, 0.15) is 41.5 Å². The molecule has 0 saturated carbocycles. The first-order valence-electron chi connectivity index (χ1n) is 5.28. The maximum Gasteiger partial charge on any atom is 0.0255 e. The fourth-order valence-corrected chi connectivity index (χ4v) is 6.94. The first-order chi connectivity index (χ1) is 7.45. The molecule has 4 heteroatoms. The molecule has 0 aromatic carbocycles. The van der Waals surface area contributed by atoms with Gasteiger partial charge in [-0.25, -0.2) is 0 Å². The van der Waals surface area contributed by atoms with Gasteiger partial charge in [-0.05, 0) is 61.2 Å². The molecule has 0 aliphatic heterocycles. The Bertz CT molecular complexity index is 230. The van der Waals surface area contributed by atoms with Crippen LogP contribution in [0.2, 0.25) is 0 Å². The Balaban J connectivity index is 3.50. The van der Waals surface area contributed by atoms with Crippen LogP contribution in [0.5, 0.6) is 0 Å². The van der Waals surface area contributed by atoms with Gasteiger partial charge in [-0.1, -0.05) is 43.9 Å². The van der Waals surface area contributed by atoms with E-state index in [4.69, 9.17) is 0 Å². The van der Waals surface area contributed by atoms with Crippen LogP contribution < -0.4 is 0 Å². The molecule has 0 saturated heterocycles. The van der Waals surface area contributed by atoms with Crippen molar-refractivity contribution in [2.45, 2.75) is 41.5 Å². The molecule has 16 heavy (non-hydrogen) atoms. The lowest BCUT2D eigenvalue weighted by molar-refractivity contribution is 1.24. The van der Waals surface area contributed by atoms with Crippen molar-refractivity contribution in [1.29, 1.82) is 0 Å². The first-order valence-corrected chi connectivity index (χ1v) is 10.4. The smallest absolute Gasteiger partial charge is 0.0255 e. The second-order valence-corrected chi connectivity index (χ2v) is 10.2. The topological polar surface area (TPSA) is 0 Å². The second kappa shape index (κ2) is 9.86. The third-order valence-electron chi connectivity index (χ3n) is 2.38. The van der Waals surface area contributed by atoms with Gasteiger partial charge in [-0.2, -0.15) is 0 Å². The zero-order chi connectivity index (χ0) is 12.6. The van der Waals surface area contributed by atoms with E-state index >= 15 is 0 Å². The molecule has 0 N–H and O–H groups in total. The minimum atomic E-state index is 1.14. The van der Waals surface area contributed by atoms with Gasteiger partial charge in [0.25, 0.3) is 0 Å². The molecule has 0 fully saturated rings. The van der Waals surface area contributed by atoms with Crippen molar-refractivity contribution in [2.75, 3.05) is 11.5 Å². The minimum Gasteiger partial charge on any atom is -0.0773 e. The fourth-order valence-electron chi connectivity index (χ4n) is 0.553. The van der Waals surface area contributed by atoms with E-state index < -0.39 is 0 Å². The summed E-state index contributed by atoms with van der Waals surface area (Å²) in [6, 6.07) is 0. The predicted octanol–water partition coefficient (Wildman–Crippen LogP) is 6.38. The Kier molecular flexibility index (Phi) is 10.4. The van der Waals surface area contributed by atoms with Crippen molar-refractivity contribution in [3.8, 4) is 0 Å². The molecule has 0 aromatic heterocycles. The summed E-state index contributed by atoms with van der Waals surface area (Å²) in [4.78, 5) is 0. The van der Waals surface area contributed by atoms with Gasteiger partial charge in [-0.15, -0.1) is 0 Å². The van der Waals surface area contributed by atoms with Crippen LogP contribution in [0.15, 0.2) is 22.3 Å². The van der Waals surface area contributed by atoms with Crippen LogP contribution in [0.25, 0.3) is 0 Å². The van der Waals surface area contributed by atoms with E-state index in [0.717, 1.165) is 11.5 Å². The first kappa shape index (κ1) is 16.9. The lowest BCUT2D eigenvalue weighted by Crippen LogP contribution is -1.82. The van der Waals surface area contributed by atoms with Gasteiger partial charge in [-0.3, -0.25) is 0 Å². The van der Waals surface area contributed by atoms with E-state index in [1.807, 2.05) is 41.2 Å². The van der Waals surface area contributed by atoms with E-state index in [9.17, 15) is 0 Å². The zero-order valence-electron chi connectivity index (χ0n) is 11.0. The van der Waals surface area contributed by atoms with Crippen molar-refractivity contribution >= 4 is 41.2 Å². The molecule has 0 rings (SSSR count). The second-order valence-electron chi connectivity index (χ2n) is 4.22. The standard InChI is InChI=1S/C12H22S4/c1-9(2)11(5)7-13-15-16-14-8-12(6)10(3)4/h7-8H2,1-6H3. The van der Waals surface area contributed by atoms with Gasteiger partial charge in [0.1, 0.15) is 0 Å². The molecular weight excluding hydrogens is 272 g/mol. The molecule has 0 radical (unpaired) electrons. The van der Waals surface area contributed by atoms with E-state index in [1.165, 1.54) is 22.3 Å². The average Bonchev–Trinajstić information content (AvgIpc) is 2.21. The molecule has 94 valence electrons. The summed E-state index contributed by atoms with van der Waals surface area (Å²) in [5.41, 5.74) is 5.91. The summed E-state index contributed by atoms with van der Waals surface area (Å²) in [7, 11) is 7.65. The van der Waals surface area contributed by atoms with Crippen LogP contribution in [0.3, 0.4) is 0 Å². The largest absolute Gasteiger partial charge is 0.0773 e. The van der Waals surface area contributed by atoms with Crippen LogP contribution in [0.4, 0.5) is 0 Å². The van der Waals surface area contributed by atoms with Crippen molar-refractivity contribution in [2.24, 2.45) is 0 Å². The summed E-state index contributed by atoms with van der Waals surface area (Å²) in [5, 5.41) is 0. The fraction of sp³-hybridized carbons (Fsp3) is 0.667. The summed E-state index contributed by atoms with van der Waals surface area (Å²) in [6.07, 6.45) is 0. The molecule has 0 heterocycles. The third kappa shape index (κ3) is 8.97. The lowest BCUT2D eigenvalue weighted by atomic mass is 10.2. The SMILES string of the molecule is CC(C)=C(C)CSSSSCC(C)=C(C)C. The molecule has 0 aromatic rings. The van der Waals surface area contributed by atoms with Gasteiger partial charge in [0.15, 0.2) is 0 Å². The van der Waals surface area contributed by atoms with E-state index in [1.54, 1.807) is 0 Å². The lowest BCUT2D eigenvalue weighted by Gasteiger charge is -2.04. The maximum atomic E-state index is 2.22. The zero-order valence-corrected chi connectivity index (χ0v) is 14.3. The average molecular weight is 295 g/mol. The monoisotopic (exact) mass is 294 g/mol. The molecule has 0 aliphatic rings. The van der Waals surface area contributed by atoms with Gasteiger partial charge >= 0.3 is 0 Å². The molecule has 0 aliphatic carbocycles. The highest BCUT2D eigenvalue weighted by molar-refractivity contribution is 9.26. The highest BCUT2D eigenvalue weighted by atomic mass is 33.7. The summed E-state index contributed by atoms with van der Waals surface area (Å²) < 4.78 is 0. The van der Waals surface area contributed by atoms with Gasteiger partial charge in [0, 0.05) is 11.5 Å². The van der Waals surface area contributed by atoms with E-state index in [2.05, 4.69) is 41.5 Å². The Morgan fingerprint density at radius 3 is 1.19 bits per heavy atom. The molecular formula is C12H22S4. The van der Waals surface area contributed by atoms with Crippen LogP contribution in [0, 0.1) is 0 Å². The van der Waals surface area contributed by atoms with E-state index in [0.29, 0.717) is 0 Å². The minimum absolute atomic E-state index is 1.14. The molecule has 0 nitrogen and oxygen atoms in total. The van der Waals surface area contributed by atoms with E-state index in [-0.39, 0.29) is 0 Å². The quantitative estimate of drug-likeness (QED) is 0.303. The number of rotatable bonds is 7. The number of hydrogen-bond donors (Lipinski definition) is 0. The van der Waals surface area contributed by atoms with Crippen LogP contribution in [-0.2, 0) is 0 Å². The maximum absolute atomic E-state index is 2.22. The van der Waals surface area contributed by atoms with Crippen molar-refractivity contribution in [3.63, 3.8) is 0 Å². The summed E-state index contributed by atoms with van der Waals surface area (Å²) in [5.74, 6) is 2.28. The Labute approximate surface area is 116 Å². The summed E-state index contributed by atoms with van der Waals surface area (Å²) >= 11 is 0. The van der Waals surface area contributed by atoms with Crippen LogP contribution in [-0.4, -0.2) is 11.5 Å². The summed E-state index contributed by atoms with van der Waals surface area (Å²) in [6.45, 7) is 13.2. The molecule has 0 unspecified atom stereocenters. The number of allylic oxidation sites excluding steroid dienone is 2. The van der Waals surface area contributed by atoms with Crippen molar-refractivity contribution in [3.05, 3.63) is 22.3 Å². The van der Waals surface area contributed by atoms with Crippen molar-refractivity contribution in [1.82, 2.24) is 0 Å². The Hall–Kier alpha value is 0.880. The normalized spacial score (nSPS) is 10.1. The Morgan fingerprint density at radius 2 is 0.938 bits per heavy atom. The third-order valence-corrected chi connectivity index (χ3v) is 8.91. The van der Waals surface area contributed by atoms with Crippen molar-refractivity contribution < 1.29 is 0 Å². The highest BCUT2D eigenvalue weighted by Gasteiger charge is 1.97. The number of hydrogen-bond acceptors (Lipinski definition) is 4. The van der Waals surface area contributed by atoms with Crippen LogP contribution >= 0.6 is 41.2 Å². The molecule has 0 amide bonds. The highest BCUT2D eigenvalue weighted by Crippen LogP contribution is 2.44. The van der Waals surface area contributed by atoms with Gasteiger partial charge < -0.3 is 0 Å². The van der Waals surface area contributed by atoms with Gasteiger partial charge in [0.05, 0.1) is 0 Å². The Morgan fingerprint density at radius 1 is 0.625 bits per heavy atom. The molecule has 0 spiro atoms. The predicted molar refractivity (Wildman–Crippen MR) is 88.2 cm³/mol.